The summed E-state index contributed by atoms with van der Waals surface area (Å²) in [5, 5.41) is 2.15. The number of nitrogens with zero attached hydrogens (tertiary/aromatic N) is 1. The van der Waals surface area contributed by atoms with Crippen LogP contribution in [0.4, 0.5) is 0 Å². The Kier molecular flexibility index (Phi) is 7.73. The predicted octanol–water partition coefficient (Wildman–Crippen LogP) is 3.35. The van der Waals surface area contributed by atoms with Gasteiger partial charge in [0.2, 0.25) is 0 Å². The van der Waals surface area contributed by atoms with Crippen molar-refractivity contribution < 1.29 is 13.9 Å². The molecule has 3 aromatic rings. The average molecular weight is 558 g/mol. The molecule has 9 heteroatoms. The molecule has 1 aliphatic heterocycles. The Bertz CT molecular complexity index is 1250. The van der Waals surface area contributed by atoms with Crippen LogP contribution in [0, 0.1) is 0 Å². The molecule has 0 unspecified atom stereocenters. The number of hydrogen-bond donors (Lipinski definition) is 1. The highest BCUT2D eigenvalue weighted by molar-refractivity contribution is 9.11. The minimum absolute atomic E-state index is 0.165. The molecule has 1 N–H and O–H groups in total. The Labute approximate surface area is 213 Å². The molecule has 1 aromatic heterocycles. The number of rotatable bonds is 7. The van der Waals surface area contributed by atoms with Crippen molar-refractivity contribution in [3.63, 3.8) is 0 Å². The minimum atomic E-state index is -2.75. The lowest BCUT2D eigenvalue weighted by Gasteiger charge is -2.43. The molecule has 0 amide bonds. The van der Waals surface area contributed by atoms with E-state index >= 15 is 0 Å². The molecule has 2 aromatic carbocycles. The first-order valence-electron chi connectivity index (χ1n) is 11.4. The molecule has 2 atom stereocenters. The molecule has 35 heavy (non-hydrogen) atoms. The molecule has 1 saturated heterocycles. The maximum Gasteiger partial charge on any atom is 0.330 e. The Hall–Kier alpha value is -2.56. The van der Waals surface area contributed by atoms with Gasteiger partial charge in [0.1, 0.15) is 0 Å². The lowest BCUT2D eigenvalue weighted by atomic mass is 10.2. The summed E-state index contributed by atoms with van der Waals surface area (Å²) in [6, 6.07) is 20.7. The summed E-state index contributed by atoms with van der Waals surface area (Å²) >= 11 is 3.16. The van der Waals surface area contributed by atoms with E-state index in [1.54, 1.807) is 11.1 Å². The summed E-state index contributed by atoms with van der Waals surface area (Å²) in [4.78, 5) is 28.3. The zero-order chi connectivity index (χ0) is 25.1. The summed E-state index contributed by atoms with van der Waals surface area (Å²) in [5.41, 5.74) is -0.687. The average Bonchev–Trinajstić information content (AvgIpc) is 3.30. The van der Waals surface area contributed by atoms with Gasteiger partial charge in [-0.15, -0.1) is 0 Å². The Morgan fingerprint density at radius 1 is 1.09 bits per heavy atom. The molecule has 0 saturated carbocycles. The van der Waals surface area contributed by atoms with Gasteiger partial charge in [-0.3, -0.25) is 14.3 Å². The zero-order valence-electron chi connectivity index (χ0n) is 19.9. The summed E-state index contributed by atoms with van der Waals surface area (Å²) < 4.78 is 20.2. The van der Waals surface area contributed by atoms with E-state index in [0.717, 1.165) is 10.4 Å². The van der Waals surface area contributed by atoms with Gasteiger partial charge in [0.05, 0.1) is 18.8 Å². The highest BCUT2D eigenvalue weighted by Crippen LogP contribution is 2.37. The van der Waals surface area contributed by atoms with Gasteiger partial charge in [0.25, 0.3) is 13.9 Å². The molecule has 1 aliphatic rings. The molecule has 4 rings (SSSR count). The number of ether oxygens (including phenoxy) is 2. The van der Waals surface area contributed by atoms with Gasteiger partial charge >= 0.3 is 5.69 Å². The van der Waals surface area contributed by atoms with Crippen molar-refractivity contribution in [1.29, 1.82) is 0 Å². The molecule has 2 heterocycles. The van der Waals surface area contributed by atoms with Gasteiger partial charge in [-0.1, -0.05) is 97.4 Å². The van der Waals surface area contributed by atoms with Crippen LogP contribution in [-0.4, -0.2) is 37.4 Å². The van der Waals surface area contributed by atoms with Gasteiger partial charge < -0.3 is 13.9 Å². The van der Waals surface area contributed by atoms with Crippen LogP contribution in [0.15, 0.2) is 81.4 Å². The van der Waals surface area contributed by atoms with E-state index in [1.807, 2.05) is 36.4 Å². The van der Waals surface area contributed by atoms with Crippen molar-refractivity contribution in [2.24, 2.45) is 0 Å². The summed E-state index contributed by atoms with van der Waals surface area (Å²) in [6.45, 7) is 6.99. The highest BCUT2D eigenvalue weighted by atomic mass is 79.9. The molecule has 7 nitrogen and oxygen atoms in total. The summed E-state index contributed by atoms with van der Waals surface area (Å²) in [6.07, 6.45) is 1.71. The lowest BCUT2D eigenvalue weighted by molar-refractivity contribution is -0.0956. The topological polar surface area (TPSA) is 82.5 Å². The van der Waals surface area contributed by atoms with E-state index in [4.69, 9.17) is 13.9 Å². The number of aromatic amines is 1. The molecule has 0 radical (unpaired) electrons. The van der Waals surface area contributed by atoms with Crippen LogP contribution in [0.5, 0.6) is 0 Å². The third-order valence-corrected chi connectivity index (χ3v) is 11.4. The molecular weight excluding hydrogens is 528 g/mol. The van der Waals surface area contributed by atoms with Gasteiger partial charge in [-0.05, 0) is 26.5 Å². The number of nitrogens with one attached hydrogen (secondary N) is 1. The minimum Gasteiger partial charge on any atom is -0.402 e. The molecule has 0 aliphatic carbocycles. The number of H-pyrrole nitrogens is 1. The van der Waals surface area contributed by atoms with E-state index in [2.05, 4.69) is 66.0 Å². The second-order valence-electron chi connectivity index (χ2n) is 9.37. The summed E-state index contributed by atoms with van der Waals surface area (Å²) in [5.74, 6) is 0. The van der Waals surface area contributed by atoms with E-state index in [9.17, 15) is 9.59 Å². The SMILES string of the molecule is CC(C)(C)[Si](OC[C@@H]1OC[C@@H](n2cc(C=CBr)c(=O)[nH]c2=O)O1)(c1ccccc1)c1ccccc1. The molecular formula is C26H29BrN2O5Si. The van der Waals surface area contributed by atoms with E-state index in [-0.39, 0.29) is 18.3 Å². The number of benzene rings is 2. The van der Waals surface area contributed by atoms with Crippen molar-refractivity contribution in [2.45, 2.75) is 38.3 Å². The van der Waals surface area contributed by atoms with Crippen LogP contribution in [0.1, 0.15) is 32.6 Å². The number of halogens is 1. The predicted molar refractivity (Wildman–Crippen MR) is 143 cm³/mol. The van der Waals surface area contributed by atoms with Crippen LogP contribution in [0.3, 0.4) is 0 Å². The first kappa shape index (κ1) is 25.5. The van der Waals surface area contributed by atoms with Gasteiger partial charge in [-0.25, -0.2) is 4.79 Å². The Morgan fingerprint density at radius 2 is 1.69 bits per heavy atom. The lowest BCUT2D eigenvalue weighted by Crippen LogP contribution is -2.67. The van der Waals surface area contributed by atoms with E-state index in [0.29, 0.717) is 5.56 Å². The zero-order valence-corrected chi connectivity index (χ0v) is 22.5. The van der Waals surface area contributed by atoms with Crippen LogP contribution in [-0.2, 0) is 13.9 Å². The van der Waals surface area contributed by atoms with Gasteiger partial charge in [-0.2, -0.15) is 0 Å². The van der Waals surface area contributed by atoms with Crippen molar-refractivity contribution in [3.8, 4) is 0 Å². The van der Waals surface area contributed by atoms with Crippen molar-refractivity contribution in [1.82, 2.24) is 9.55 Å². The van der Waals surface area contributed by atoms with Crippen LogP contribution in [0.2, 0.25) is 5.04 Å². The van der Waals surface area contributed by atoms with Gasteiger partial charge in [0, 0.05) is 6.20 Å². The van der Waals surface area contributed by atoms with Gasteiger partial charge in [0.15, 0.2) is 12.5 Å². The third kappa shape index (κ3) is 5.19. The monoisotopic (exact) mass is 556 g/mol. The smallest absolute Gasteiger partial charge is 0.330 e. The molecule has 1 fully saturated rings. The Balaban J connectivity index is 1.61. The maximum absolute atomic E-state index is 12.4. The molecule has 0 bridgehead atoms. The normalized spacial score (nSPS) is 18.9. The quantitative estimate of drug-likeness (QED) is 0.451. The summed E-state index contributed by atoms with van der Waals surface area (Å²) in [7, 11) is -2.75. The largest absolute Gasteiger partial charge is 0.402 e. The number of aromatic nitrogens is 2. The fourth-order valence-corrected chi connectivity index (χ4v) is 9.36. The van der Waals surface area contributed by atoms with Crippen LogP contribution < -0.4 is 21.6 Å². The Morgan fingerprint density at radius 3 is 2.23 bits per heavy atom. The second-order valence-corrected chi connectivity index (χ2v) is 14.2. The molecule has 0 spiro atoms. The third-order valence-electron chi connectivity index (χ3n) is 6.13. The fourth-order valence-electron chi connectivity index (χ4n) is 4.53. The van der Waals surface area contributed by atoms with Crippen LogP contribution >= 0.6 is 15.9 Å². The second kappa shape index (κ2) is 10.6. The first-order chi connectivity index (χ1) is 16.8. The van der Waals surface area contributed by atoms with Crippen LogP contribution in [0.25, 0.3) is 6.08 Å². The van der Waals surface area contributed by atoms with E-state index < -0.39 is 32.1 Å². The van der Waals surface area contributed by atoms with E-state index in [1.165, 1.54) is 10.8 Å². The standard InChI is InChI=1S/C26H29BrN2O5Si/c1-26(2,3)35(20-10-6-4-7-11-20,21-12-8-5-9-13-21)33-18-23-32-17-22(34-23)29-16-19(14-15-27)24(30)28-25(29)31/h4-16,22-23H,17-18H2,1-3H3,(H,28,30,31)/t22-,23+/m0/s1. The maximum atomic E-state index is 12.4. The van der Waals surface area contributed by atoms with Crippen molar-refractivity contribution in [2.75, 3.05) is 13.2 Å². The first-order valence-corrected chi connectivity index (χ1v) is 14.2. The highest BCUT2D eigenvalue weighted by Gasteiger charge is 2.50. The molecule has 184 valence electrons. The van der Waals surface area contributed by atoms with Crippen molar-refractivity contribution in [3.05, 3.63) is 98.2 Å². The number of hydrogen-bond acceptors (Lipinski definition) is 5. The fraction of sp³-hybridized carbons (Fsp3) is 0.308. The van der Waals surface area contributed by atoms with Crippen molar-refractivity contribution >= 4 is 40.7 Å².